The van der Waals surface area contributed by atoms with Crippen LogP contribution in [-0.4, -0.2) is 23.7 Å². The van der Waals surface area contributed by atoms with Crippen molar-refractivity contribution < 1.29 is 17.9 Å². The normalized spacial score (nSPS) is 11.6. The Morgan fingerprint density at radius 2 is 2.10 bits per heavy atom. The molecule has 0 saturated heterocycles. The Balaban J connectivity index is 2.38. The van der Waals surface area contributed by atoms with E-state index in [1.54, 1.807) is 6.92 Å². The van der Waals surface area contributed by atoms with Crippen molar-refractivity contribution in [3.63, 3.8) is 0 Å². The lowest BCUT2D eigenvalue weighted by Crippen LogP contribution is -2.15. The molecule has 0 aliphatic carbocycles. The van der Waals surface area contributed by atoms with Gasteiger partial charge in [-0.15, -0.1) is 0 Å². The highest BCUT2D eigenvalue weighted by Gasteiger charge is 2.23. The van der Waals surface area contributed by atoms with Crippen LogP contribution in [0.5, 0.6) is 0 Å². The van der Waals surface area contributed by atoms with E-state index in [2.05, 4.69) is 14.9 Å². The highest BCUT2D eigenvalue weighted by molar-refractivity contribution is 7.92. The number of sulfonamides is 1. The number of hydrogen-bond acceptors (Lipinski definition) is 4. The van der Waals surface area contributed by atoms with Crippen molar-refractivity contribution in [3.8, 4) is 0 Å². The highest BCUT2D eigenvalue weighted by Crippen LogP contribution is 2.21. The van der Waals surface area contributed by atoms with Crippen molar-refractivity contribution in [1.82, 2.24) is 10.2 Å². The van der Waals surface area contributed by atoms with Crippen LogP contribution in [0.4, 0.5) is 10.1 Å². The molecule has 0 unspecified atom stereocenters. The van der Waals surface area contributed by atoms with Crippen LogP contribution in [0.25, 0.3) is 0 Å². The fraction of sp³-hybridized carbons (Fsp3) is 0.250. The third kappa shape index (κ3) is 2.66. The minimum atomic E-state index is -3.94. The summed E-state index contributed by atoms with van der Waals surface area (Å²) in [5.74, 6) is -0.417. The monoisotopic (exact) mass is 299 g/mol. The lowest BCUT2D eigenvalue weighted by atomic mass is 10.2. The number of aliphatic hydroxyl groups excluding tert-OH is 1. The minimum Gasteiger partial charge on any atom is -0.392 e. The van der Waals surface area contributed by atoms with E-state index in [-0.39, 0.29) is 16.3 Å². The van der Waals surface area contributed by atoms with Gasteiger partial charge in [-0.25, -0.2) is 4.39 Å². The molecule has 0 saturated carbocycles. The lowest BCUT2D eigenvalue weighted by Gasteiger charge is -2.08. The molecule has 20 heavy (non-hydrogen) atoms. The zero-order chi connectivity index (χ0) is 14.9. The summed E-state index contributed by atoms with van der Waals surface area (Å²) in [5.41, 5.74) is 1.23. The molecule has 0 spiro atoms. The predicted octanol–water partition coefficient (Wildman–Crippen LogP) is 1.46. The van der Waals surface area contributed by atoms with Crippen LogP contribution in [0.1, 0.15) is 16.8 Å². The summed E-state index contributed by atoms with van der Waals surface area (Å²) in [6, 6.07) is 3.87. The number of nitrogens with one attached hydrogen (secondary N) is 2. The molecule has 1 heterocycles. The first-order valence-corrected chi connectivity index (χ1v) is 7.27. The zero-order valence-electron chi connectivity index (χ0n) is 10.9. The number of aliphatic hydroxyl groups is 1. The van der Waals surface area contributed by atoms with E-state index in [1.807, 2.05) is 0 Å². The van der Waals surface area contributed by atoms with Crippen LogP contribution in [0.2, 0.25) is 0 Å². The maximum Gasteiger partial charge on any atom is 0.281 e. The van der Waals surface area contributed by atoms with Crippen LogP contribution < -0.4 is 4.72 Å². The summed E-state index contributed by atoms with van der Waals surface area (Å²) < 4.78 is 39.8. The Kier molecular flexibility index (Phi) is 3.78. The highest BCUT2D eigenvalue weighted by atomic mass is 32.2. The van der Waals surface area contributed by atoms with Crippen molar-refractivity contribution in [2.45, 2.75) is 25.5 Å². The molecule has 0 aliphatic rings. The van der Waals surface area contributed by atoms with Gasteiger partial charge in [-0.1, -0.05) is 0 Å². The number of aryl methyl sites for hydroxylation is 2. The molecule has 0 fully saturated rings. The molecule has 0 bridgehead atoms. The first-order chi connectivity index (χ1) is 9.35. The van der Waals surface area contributed by atoms with Crippen LogP contribution >= 0.6 is 0 Å². The lowest BCUT2D eigenvalue weighted by molar-refractivity contribution is 0.277. The minimum absolute atomic E-state index is 0.205. The number of nitrogens with zero attached hydrogens (tertiary/aromatic N) is 1. The second-order valence-electron chi connectivity index (χ2n) is 4.36. The van der Waals surface area contributed by atoms with Gasteiger partial charge in [0.15, 0.2) is 0 Å². The number of rotatable bonds is 4. The van der Waals surface area contributed by atoms with Crippen molar-refractivity contribution >= 4 is 15.7 Å². The topological polar surface area (TPSA) is 95.1 Å². The van der Waals surface area contributed by atoms with Crippen molar-refractivity contribution in [2.75, 3.05) is 4.72 Å². The average molecular weight is 299 g/mol. The quantitative estimate of drug-likeness (QED) is 0.796. The van der Waals surface area contributed by atoms with Gasteiger partial charge in [0.1, 0.15) is 5.82 Å². The van der Waals surface area contributed by atoms with Gasteiger partial charge in [0.25, 0.3) is 10.0 Å². The van der Waals surface area contributed by atoms with Crippen molar-refractivity contribution in [1.29, 1.82) is 0 Å². The van der Waals surface area contributed by atoms with Gasteiger partial charge in [0.2, 0.25) is 5.03 Å². The second-order valence-corrected chi connectivity index (χ2v) is 5.96. The Bertz CT molecular complexity index is 740. The molecule has 2 aromatic rings. The van der Waals surface area contributed by atoms with E-state index in [1.165, 1.54) is 25.1 Å². The number of halogens is 1. The average Bonchev–Trinajstić information content (AvgIpc) is 2.75. The number of benzene rings is 1. The Labute approximate surface area is 115 Å². The molecule has 0 atom stereocenters. The van der Waals surface area contributed by atoms with Crippen molar-refractivity contribution in [3.05, 3.63) is 40.8 Å². The van der Waals surface area contributed by atoms with Gasteiger partial charge >= 0.3 is 0 Å². The van der Waals surface area contributed by atoms with Crippen LogP contribution in [-0.2, 0) is 16.6 Å². The van der Waals surface area contributed by atoms with Crippen molar-refractivity contribution in [2.24, 2.45) is 0 Å². The van der Waals surface area contributed by atoms with E-state index in [0.29, 0.717) is 11.3 Å². The standard InChI is InChI=1S/C12H14FN3O3S/c1-7-5-9(3-4-11(7)13)16-20(18,19)12-10(6-17)8(2)14-15-12/h3-5,16-17H,6H2,1-2H3,(H,14,15). The molecule has 108 valence electrons. The summed E-state index contributed by atoms with van der Waals surface area (Å²) in [7, 11) is -3.94. The number of aromatic nitrogens is 2. The van der Waals surface area contributed by atoms with Gasteiger partial charge in [-0.05, 0) is 37.6 Å². The maximum atomic E-state index is 13.1. The van der Waals surface area contributed by atoms with E-state index in [0.717, 1.165) is 0 Å². The molecule has 1 aromatic heterocycles. The predicted molar refractivity (Wildman–Crippen MR) is 71.2 cm³/mol. The van der Waals surface area contributed by atoms with E-state index >= 15 is 0 Å². The fourth-order valence-corrected chi connectivity index (χ4v) is 2.99. The second kappa shape index (κ2) is 5.22. The molecule has 6 nitrogen and oxygen atoms in total. The molecule has 8 heteroatoms. The van der Waals surface area contributed by atoms with Crippen LogP contribution in [0, 0.1) is 19.7 Å². The third-order valence-electron chi connectivity index (χ3n) is 2.86. The van der Waals surface area contributed by atoms with Gasteiger partial charge in [0, 0.05) is 16.9 Å². The summed E-state index contributed by atoms with van der Waals surface area (Å²) >= 11 is 0. The Hall–Kier alpha value is -1.93. The SMILES string of the molecule is Cc1cc(NS(=O)(=O)c2n[nH]c(C)c2CO)ccc1F. The number of hydrogen-bond donors (Lipinski definition) is 3. The summed E-state index contributed by atoms with van der Waals surface area (Å²) in [5, 5.41) is 15.1. The van der Waals surface area contributed by atoms with Crippen LogP contribution in [0.15, 0.2) is 23.2 Å². The van der Waals surface area contributed by atoms with Crippen LogP contribution in [0.3, 0.4) is 0 Å². The van der Waals surface area contributed by atoms with Gasteiger partial charge < -0.3 is 5.11 Å². The fourth-order valence-electron chi connectivity index (χ4n) is 1.75. The molecule has 3 N–H and O–H groups in total. The molecule has 1 aromatic carbocycles. The summed E-state index contributed by atoms with van der Waals surface area (Å²) in [6.07, 6.45) is 0. The summed E-state index contributed by atoms with van der Waals surface area (Å²) in [6.45, 7) is 2.70. The van der Waals surface area contributed by atoms with Gasteiger partial charge in [0.05, 0.1) is 6.61 Å². The molecular formula is C12H14FN3O3S. The summed E-state index contributed by atoms with van der Waals surface area (Å²) in [4.78, 5) is 0. The molecule has 0 radical (unpaired) electrons. The first-order valence-electron chi connectivity index (χ1n) is 5.79. The number of H-pyrrole nitrogens is 1. The Morgan fingerprint density at radius 1 is 1.40 bits per heavy atom. The van der Waals surface area contributed by atoms with Gasteiger partial charge in [-0.3, -0.25) is 9.82 Å². The number of aromatic amines is 1. The van der Waals surface area contributed by atoms with E-state index in [4.69, 9.17) is 0 Å². The molecule has 0 aliphatic heterocycles. The third-order valence-corrected chi connectivity index (χ3v) is 4.21. The molecule has 2 rings (SSSR count). The van der Waals surface area contributed by atoms with E-state index < -0.39 is 22.4 Å². The zero-order valence-corrected chi connectivity index (χ0v) is 11.8. The number of anilines is 1. The first kappa shape index (κ1) is 14.5. The molecule has 0 amide bonds. The largest absolute Gasteiger partial charge is 0.392 e. The smallest absolute Gasteiger partial charge is 0.281 e. The van der Waals surface area contributed by atoms with E-state index in [9.17, 15) is 17.9 Å². The molecular weight excluding hydrogens is 285 g/mol. The Morgan fingerprint density at radius 3 is 2.70 bits per heavy atom. The maximum absolute atomic E-state index is 13.1. The van der Waals surface area contributed by atoms with Gasteiger partial charge in [-0.2, -0.15) is 13.5 Å².